The topological polar surface area (TPSA) is 112 Å². The van der Waals surface area contributed by atoms with Gasteiger partial charge in [-0.05, 0) is 204 Å². The van der Waals surface area contributed by atoms with E-state index < -0.39 is 0 Å². The van der Waals surface area contributed by atoms with Gasteiger partial charge in [0.05, 0.1) is 11.1 Å². The second kappa shape index (κ2) is 22.2. The molecule has 0 radical (unpaired) electrons. The molecule has 8 bridgehead atoms. The molecule has 12 aliphatic rings. The van der Waals surface area contributed by atoms with Crippen molar-refractivity contribution < 1.29 is 28.8 Å². The van der Waals surface area contributed by atoms with Gasteiger partial charge in [-0.25, -0.2) is 0 Å². The van der Waals surface area contributed by atoms with Gasteiger partial charge in [0.25, 0.3) is 0 Å². The van der Waals surface area contributed by atoms with Gasteiger partial charge in [-0.1, -0.05) is 125 Å². The van der Waals surface area contributed by atoms with E-state index in [-0.39, 0.29) is 66.2 Å². The maximum Gasteiger partial charge on any atom is 1.00 e. The molecule has 8 heteroatoms. The van der Waals surface area contributed by atoms with Gasteiger partial charge in [0.15, 0.2) is 0 Å². The number of Topliss-reactive ketones (excluding diaryl/α,β-unsaturated/α-hetero) is 1. The molecule has 12 saturated carbocycles. The molecule has 4 spiro atoms. The predicted molar refractivity (Wildman–Crippen MR) is 291 cm³/mol. The second-order valence-corrected chi connectivity index (χ2v) is 25.4. The first-order valence-electron chi connectivity index (χ1n) is 28.7. The Morgan fingerprint density at radius 3 is 1.49 bits per heavy atom. The quantitative estimate of drug-likeness (QED) is 0.0896. The molecule has 6 nitrogen and oxygen atoms in total. The molecular formula is C64H90ClLiN4O2. The molecule has 12 aliphatic carbocycles. The molecule has 3 aromatic rings. The Morgan fingerprint density at radius 2 is 0.986 bits per heavy atom. The van der Waals surface area contributed by atoms with Crippen molar-refractivity contribution in [3.8, 4) is 0 Å². The van der Waals surface area contributed by atoms with Gasteiger partial charge in [0.1, 0.15) is 5.78 Å². The number of hydrogen-bond acceptors (Lipinski definition) is 4. The summed E-state index contributed by atoms with van der Waals surface area (Å²) < 4.78 is 0. The zero-order chi connectivity index (χ0) is 47.4. The fourth-order valence-electron chi connectivity index (χ4n) is 20.7. The normalized spacial score (nSPS) is 37.8. The maximum absolute atomic E-state index is 12.0. The number of halogens is 1. The summed E-state index contributed by atoms with van der Waals surface area (Å²) in [6, 6.07) is 34.1. The second-order valence-electron chi connectivity index (χ2n) is 25.4. The van der Waals surface area contributed by atoms with Gasteiger partial charge in [-0.15, -0.1) is 12.4 Å². The smallest absolute Gasteiger partial charge is 0.389 e. The first-order chi connectivity index (χ1) is 33.6. The van der Waals surface area contributed by atoms with Gasteiger partial charge in [0.2, 0.25) is 0 Å². The number of hydrogen-bond donors (Lipinski definition) is 2. The SMILES string of the molecule is C.C[C@@]1(O)[C@@H]2CC[C@@H](C2)C12CCCC2.Cl.N[C@]1(c2ccccc2)[C@@H]2CC[C@@H](C2)C12CCCC2.O=C1[C@@H]2CC[C@@H](C2)C12CCCC2.[Li+].[N-]=[N+]=N[C@]1(c2ccccc2)[C@@H]2CC[C@@H](C2)C12CCCC2.[c-]1ccccc1. The average molecular weight is 990 g/mol. The summed E-state index contributed by atoms with van der Waals surface area (Å²) in [6.07, 6.45) is 37.0. The fourth-order valence-corrected chi connectivity index (χ4v) is 20.7. The van der Waals surface area contributed by atoms with Crippen molar-refractivity contribution in [2.24, 2.45) is 79.9 Å². The molecule has 72 heavy (non-hydrogen) atoms. The summed E-state index contributed by atoms with van der Waals surface area (Å²) in [5, 5.41) is 15.2. The number of carbonyl (C=O) groups is 1. The molecule has 11 atom stereocenters. The number of nitrogens with zero attached hydrogens (tertiary/aromatic N) is 3. The van der Waals surface area contributed by atoms with E-state index in [9.17, 15) is 15.4 Å². The van der Waals surface area contributed by atoms with Crippen LogP contribution in [0.1, 0.15) is 205 Å². The van der Waals surface area contributed by atoms with E-state index in [1.807, 2.05) is 30.3 Å². The van der Waals surface area contributed by atoms with Gasteiger partial charge < -0.3 is 10.8 Å². The number of benzene rings is 3. The van der Waals surface area contributed by atoms with E-state index >= 15 is 0 Å². The summed E-state index contributed by atoms with van der Waals surface area (Å²) in [5.74, 6) is 6.45. The van der Waals surface area contributed by atoms with E-state index in [0.29, 0.717) is 34.4 Å². The number of carbonyl (C=O) groups excluding carboxylic acids is 1. The molecule has 12 fully saturated rings. The van der Waals surface area contributed by atoms with Crippen LogP contribution in [-0.4, -0.2) is 16.5 Å². The minimum absolute atomic E-state index is 0. The van der Waals surface area contributed by atoms with Crippen LogP contribution in [0.3, 0.4) is 0 Å². The summed E-state index contributed by atoms with van der Waals surface area (Å²) in [5.41, 5.74) is 19.8. The van der Waals surface area contributed by atoms with Crippen molar-refractivity contribution in [2.45, 2.75) is 211 Å². The molecule has 0 amide bonds. The van der Waals surface area contributed by atoms with Crippen LogP contribution in [0.5, 0.6) is 0 Å². The first kappa shape index (κ1) is 55.7. The van der Waals surface area contributed by atoms with E-state index in [0.717, 1.165) is 29.6 Å². The third kappa shape index (κ3) is 8.57. The van der Waals surface area contributed by atoms with Crippen molar-refractivity contribution >= 4 is 18.2 Å². The zero-order valence-corrected chi connectivity index (χ0v) is 44.6. The third-order valence-corrected chi connectivity index (χ3v) is 23.6. The van der Waals surface area contributed by atoms with Crippen LogP contribution in [0.25, 0.3) is 10.4 Å². The van der Waals surface area contributed by atoms with E-state index in [4.69, 9.17) is 5.73 Å². The van der Waals surface area contributed by atoms with Crippen LogP contribution in [0.15, 0.2) is 96.1 Å². The van der Waals surface area contributed by atoms with Crippen LogP contribution in [0.4, 0.5) is 0 Å². The summed E-state index contributed by atoms with van der Waals surface area (Å²) in [4.78, 5) is 15.3. The summed E-state index contributed by atoms with van der Waals surface area (Å²) >= 11 is 0. The molecule has 0 saturated heterocycles. The number of nitrogens with two attached hydrogens (primary N) is 1. The summed E-state index contributed by atoms with van der Waals surface area (Å²) in [6.45, 7) is 2.13. The van der Waals surface area contributed by atoms with Crippen LogP contribution < -0.4 is 24.6 Å². The molecule has 386 valence electrons. The van der Waals surface area contributed by atoms with Crippen molar-refractivity contribution in [1.82, 2.24) is 0 Å². The molecule has 0 aliphatic heterocycles. The fraction of sp³-hybridized carbons (Fsp3) is 0.703. The molecule has 0 unspecified atom stereocenters. The van der Waals surface area contributed by atoms with Crippen molar-refractivity contribution in [2.75, 3.05) is 0 Å². The Kier molecular flexibility index (Phi) is 17.2. The van der Waals surface area contributed by atoms with Crippen molar-refractivity contribution in [1.29, 1.82) is 0 Å². The van der Waals surface area contributed by atoms with Gasteiger partial charge >= 0.3 is 18.9 Å². The maximum atomic E-state index is 12.0. The van der Waals surface area contributed by atoms with Crippen LogP contribution >= 0.6 is 12.4 Å². The first-order valence-corrected chi connectivity index (χ1v) is 28.7. The van der Waals surface area contributed by atoms with Crippen LogP contribution in [0, 0.1) is 75.1 Å². The van der Waals surface area contributed by atoms with Gasteiger partial charge in [0, 0.05) is 27.2 Å². The summed E-state index contributed by atoms with van der Waals surface area (Å²) in [7, 11) is 0. The van der Waals surface area contributed by atoms with E-state index in [1.54, 1.807) is 0 Å². The minimum Gasteiger partial charge on any atom is -0.389 e. The zero-order valence-electron chi connectivity index (χ0n) is 43.8. The molecule has 0 aromatic heterocycles. The molecule has 3 N–H and O–H groups in total. The minimum atomic E-state index is -0.313. The van der Waals surface area contributed by atoms with E-state index in [2.05, 4.69) is 83.7 Å². The Labute approximate surface area is 453 Å². The average Bonchev–Trinajstić information content (AvgIpc) is 4.24. The van der Waals surface area contributed by atoms with Crippen LogP contribution in [0.2, 0.25) is 0 Å². The largest absolute Gasteiger partial charge is 1.00 e. The number of fused-ring (bicyclic) bond motifs is 12. The molecule has 15 rings (SSSR count). The van der Waals surface area contributed by atoms with Crippen LogP contribution in [-0.2, 0) is 15.9 Å². The van der Waals surface area contributed by atoms with Crippen molar-refractivity contribution in [3.63, 3.8) is 0 Å². The molecule has 3 aromatic carbocycles. The molecule has 0 heterocycles. The predicted octanol–water partition coefficient (Wildman–Crippen LogP) is 13.8. The van der Waals surface area contributed by atoms with Gasteiger partial charge in [-0.3, -0.25) is 4.79 Å². The monoisotopic (exact) mass is 989 g/mol. The van der Waals surface area contributed by atoms with Gasteiger partial charge in [-0.2, -0.15) is 36.4 Å². The number of rotatable bonds is 3. The number of ketones is 1. The Bertz CT molecular complexity index is 2250. The third-order valence-electron chi connectivity index (χ3n) is 23.6. The number of azide groups is 1. The van der Waals surface area contributed by atoms with Crippen molar-refractivity contribution in [3.05, 3.63) is 119 Å². The van der Waals surface area contributed by atoms with E-state index in [1.165, 1.54) is 191 Å². The standard InChI is InChI=1S/C17H21N3.C17H23N.C12H20O.C11H16O.C6H5.CH4.ClH.Li/c18-20-19-17(13-6-2-1-3-7-13)15-9-8-14(12-15)16(17)10-4-5-11-16;18-17(13-6-2-1-3-7-13)15-9-8-14(12-15)16(17)10-4-5-11-16;1-11(13)9-4-5-10(8-9)12(11)6-2-3-7-12;12-10-8-3-4-9(7-8)11(10)5-1-2-6-11;1-2-4-6-5-3-1;;;/h1-3,6-7,14-15H,4-5,8-12H2;1-3,6-7,14-15H,4-5,8-12,18H2;9-10,13H,2-8H2,1H3;8-9H,1-7H2;1-5H;1H4;1H;/q;;;;-1;;;+1/t2*14-,15+,17+;9-,10+,11-;8-,9+;;;;/m0011..../s1. The Hall–Kier alpha value is -2.55. The Balaban J connectivity index is 0.000000124. The molecular weight excluding hydrogens is 899 g/mol. The number of aliphatic hydroxyl groups is 1. The Morgan fingerprint density at radius 1 is 0.556 bits per heavy atom.